The van der Waals surface area contributed by atoms with Crippen LogP contribution in [0.2, 0.25) is 0 Å². The molecule has 2 aromatic carbocycles. The van der Waals surface area contributed by atoms with Crippen LogP contribution < -0.4 is 10.9 Å². The number of pyridine rings is 1. The van der Waals surface area contributed by atoms with E-state index in [4.69, 9.17) is 0 Å². The lowest BCUT2D eigenvalue weighted by molar-refractivity contribution is 0.102. The molecule has 0 atom stereocenters. The third-order valence-corrected chi connectivity index (χ3v) is 4.53. The first kappa shape index (κ1) is 16.8. The van der Waals surface area contributed by atoms with E-state index >= 15 is 0 Å². The third kappa shape index (κ3) is 3.01. The lowest BCUT2D eigenvalue weighted by Gasteiger charge is -2.08. The van der Waals surface area contributed by atoms with Crippen molar-refractivity contribution in [1.82, 2.24) is 14.8 Å². The number of hydrogen-bond donors (Lipinski definition) is 2. The van der Waals surface area contributed by atoms with E-state index in [-0.39, 0.29) is 17.2 Å². The van der Waals surface area contributed by atoms with Crippen LogP contribution in [0.5, 0.6) is 0 Å². The Morgan fingerprint density at radius 1 is 1.04 bits per heavy atom. The Morgan fingerprint density at radius 2 is 1.74 bits per heavy atom. The molecule has 1 amide bonds. The van der Waals surface area contributed by atoms with Gasteiger partial charge in [0.25, 0.3) is 11.5 Å². The summed E-state index contributed by atoms with van der Waals surface area (Å²) in [5.74, 6) is -0.378. The van der Waals surface area contributed by atoms with Gasteiger partial charge in [0.05, 0.1) is 22.8 Å². The Kier molecular flexibility index (Phi) is 4.08. The molecule has 0 saturated heterocycles. The fraction of sp³-hybridized carbons (Fsp3) is 0.0952. The molecule has 6 heteroatoms. The number of nitrogens with zero attached hydrogens (tertiary/aromatic N) is 2. The van der Waals surface area contributed by atoms with Crippen LogP contribution in [0.3, 0.4) is 0 Å². The second-order valence-corrected chi connectivity index (χ2v) is 6.35. The zero-order valence-electron chi connectivity index (χ0n) is 15.0. The molecule has 2 N–H and O–H groups in total. The molecule has 2 heterocycles. The van der Waals surface area contributed by atoms with Crippen LogP contribution in [-0.2, 0) is 0 Å². The number of anilines is 1. The summed E-state index contributed by atoms with van der Waals surface area (Å²) in [7, 11) is 0. The predicted octanol–water partition coefficient (Wildman–Crippen LogP) is 3.58. The number of carbonyl (C=O) groups is 1. The van der Waals surface area contributed by atoms with Crippen molar-refractivity contribution in [3.8, 4) is 5.69 Å². The van der Waals surface area contributed by atoms with Crippen molar-refractivity contribution in [3.63, 3.8) is 0 Å². The van der Waals surface area contributed by atoms with Gasteiger partial charge in [0.2, 0.25) is 0 Å². The van der Waals surface area contributed by atoms with Crippen LogP contribution >= 0.6 is 0 Å². The molecular weight excluding hydrogens is 340 g/mol. The minimum atomic E-state index is -0.378. The van der Waals surface area contributed by atoms with E-state index in [1.165, 1.54) is 0 Å². The van der Waals surface area contributed by atoms with E-state index < -0.39 is 0 Å². The highest BCUT2D eigenvalue weighted by Crippen LogP contribution is 2.23. The van der Waals surface area contributed by atoms with Gasteiger partial charge in [-0.25, -0.2) is 4.68 Å². The van der Waals surface area contributed by atoms with Gasteiger partial charge >= 0.3 is 0 Å². The van der Waals surface area contributed by atoms with Gasteiger partial charge in [-0.3, -0.25) is 9.59 Å². The van der Waals surface area contributed by atoms with Crippen LogP contribution in [0.4, 0.5) is 5.69 Å². The number of para-hydroxylation sites is 1. The normalized spacial score (nSPS) is 10.9. The molecule has 6 nitrogen and oxygen atoms in total. The van der Waals surface area contributed by atoms with Crippen LogP contribution in [0.1, 0.15) is 21.9 Å². The molecular formula is C21H18N4O2. The van der Waals surface area contributed by atoms with Gasteiger partial charge in [0, 0.05) is 5.39 Å². The zero-order valence-corrected chi connectivity index (χ0v) is 15.0. The van der Waals surface area contributed by atoms with Gasteiger partial charge < -0.3 is 10.3 Å². The summed E-state index contributed by atoms with van der Waals surface area (Å²) in [6, 6.07) is 18.6. The molecule has 0 radical (unpaired) electrons. The molecule has 4 aromatic rings. The Morgan fingerprint density at radius 3 is 2.52 bits per heavy atom. The predicted molar refractivity (Wildman–Crippen MR) is 106 cm³/mol. The summed E-state index contributed by atoms with van der Waals surface area (Å²) < 4.78 is 1.79. The number of rotatable bonds is 3. The minimum Gasteiger partial charge on any atom is -0.318 e. The molecule has 27 heavy (non-hydrogen) atoms. The van der Waals surface area contributed by atoms with Crippen molar-refractivity contribution in [2.45, 2.75) is 13.8 Å². The van der Waals surface area contributed by atoms with E-state index in [0.29, 0.717) is 16.8 Å². The maximum Gasteiger partial charge on any atom is 0.272 e. The number of H-pyrrole nitrogens is 1. The highest BCUT2D eigenvalue weighted by molar-refractivity contribution is 6.05. The first-order valence-corrected chi connectivity index (χ1v) is 8.59. The maximum absolute atomic E-state index is 12.7. The largest absolute Gasteiger partial charge is 0.318 e. The topological polar surface area (TPSA) is 79.8 Å². The molecule has 4 rings (SSSR count). The average Bonchev–Trinajstić information content (AvgIpc) is 2.97. The third-order valence-electron chi connectivity index (χ3n) is 4.53. The molecule has 0 aliphatic carbocycles. The van der Waals surface area contributed by atoms with E-state index in [9.17, 15) is 9.59 Å². The van der Waals surface area contributed by atoms with Crippen molar-refractivity contribution in [2.75, 3.05) is 5.32 Å². The SMILES string of the molecule is Cc1nn(-c2ccccc2)c(C)c1NC(=O)c1cc2ccccc2c(=O)[nH]1. The molecule has 0 fully saturated rings. The van der Waals surface area contributed by atoms with Crippen LogP contribution in [-0.4, -0.2) is 20.7 Å². The van der Waals surface area contributed by atoms with Gasteiger partial charge in [0.15, 0.2) is 0 Å². The van der Waals surface area contributed by atoms with Crippen molar-refractivity contribution in [3.05, 3.63) is 88.1 Å². The number of amides is 1. The fourth-order valence-electron chi connectivity index (χ4n) is 3.16. The zero-order chi connectivity index (χ0) is 19.0. The molecule has 134 valence electrons. The summed E-state index contributed by atoms with van der Waals surface area (Å²) in [6.07, 6.45) is 0. The maximum atomic E-state index is 12.7. The molecule has 0 bridgehead atoms. The molecule has 0 unspecified atom stereocenters. The minimum absolute atomic E-state index is 0.213. The fourth-order valence-corrected chi connectivity index (χ4v) is 3.16. The van der Waals surface area contributed by atoms with E-state index in [1.54, 1.807) is 22.9 Å². The quantitative estimate of drug-likeness (QED) is 0.587. The van der Waals surface area contributed by atoms with E-state index in [2.05, 4.69) is 15.4 Å². The highest BCUT2D eigenvalue weighted by Gasteiger charge is 2.17. The number of aryl methyl sites for hydroxylation is 1. The Balaban J connectivity index is 1.70. The lowest BCUT2D eigenvalue weighted by Crippen LogP contribution is -2.19. The number of benzene rings is 2. The second kappa shape index (κ2) is 6.57. The Hall–Kier alpha value is -3.67. The number of carbonyl (C=O) groups excluding carboxylic acids is 1. The van der Waals surface area contributed by atoms with E-state index in [1.807, 2.05) is 56.3 Å². The number of aromatic nitrogens is 3. The number of fused-ring (bicyclic) bond motifs is 1. The average molecular weight is 358 g/mol. The molecule has 0 aliphatic heterocycles. The molecule has 0 saturated carbocycles. The number of hydrogen-bond acceptors (Lipinski definition) is 3. The summed E-state index contributed by atoms with van der Waals surface area (Å²) in [5, 5.41) is 8.69. The number of aromatic amines is 1. The first-order chi connectivity index (χ1) is 13.0. The van der Waals surface area contributed by atoms with Crippen LogP contribution in [0, 0.1) is 13.8 Å². The Labute approximate surface area is 155 Å². The van der Waals surface area contributed by atoms with Crippen molar-refractivity contribution in [2.24, 2.45) is 0 Å². The van der Waals surface area contributed by atoms with Crippen molar-refractivity contribution >= 4 is 22.4 Å². The van der Waals surface area contributed by atoms with Crippen LogP contribution in [0.25, 0.3) is 16.5 Å². The molecule has 2 aromatic heterocycles. The second-order valence-electron chi connectivity index (χ2n) is 6.35. The van der Waals surface area contributed by atoms with Crippen LogP contribution in [0.15, 0.2) is 65.5 Å². The van der Waals surface area contributed by atoms with Gasteiger partial charge in [0.1, 0.15) is 5.69 Å². The lowest BCUT2D eigenvalue weighted by atomic mass is 10.1. The summed E-state index contributed by atoms with van der Waals surface area (Å²) in [6.45, 7) is 3.73. The smallest absolute Gasteiger partial charge is 0.272 e. The van der Waals surface area contributed by atoms with Gasteiger partial charge in [-0.2, -0.15) is 5.10 Å². The van der Waals surface area contributed by atoms with Gasteiger partial charge in [-0.1, -0.05) is 36.4 Å². The summed E-state index contributed by atoms with van der Waals surface area (Å²) in [4.78, 5) is 27.6. The first-order valence-electron chi connectivity index (χ1n) is 8.59. The monoisotopic (exact) mass is 358 g/mol. The molecule has 0 aliphatic rings. The number of nitrogens with one attached hydrogen (secondary N) is 2. The summed E-state index contributed by atoms with van der Waals surface area (Å²) in [5.41, 5.74) is 3.00. The van der Waals surface area contributed by atoms with E-state index in [0.717, 1.165) is 16.8 Å². The van der Waals surface area contributed by atoms with Gasteiger partial charge in [-0.15, -0.1) is 0 Å². The molecule has 0 spiro atoms. The van der Waals surface area contributed by atoms with Crippen molar-refractivity contribution < 1.29 is 4.79 Å². The van der Waals surface area contributed by atoms with Crippen molar-refractivity contribution in [1.29, 1.82) is 0 Å². The Bertz CT molecular complexity index is 1210. The van der Waals surface area contributed by atoms with Gasteiger partial charge in [-0.05, 0) is 43.5 Å². The summed E-state index contributed by atoms with van der Waals surface area (Å²) >= 11 is 0. The standard InChI is InChI=1S/C21H18N4O2/c1-13-19(14(2)25(24-13)16-9-4-3-5-10-16)23-21(27)18-12-15-8-6-7-11-17(15)20(26)22-18/h3-12H,1-2H3,(H,22,26)(H,23,27). The highest BCUT2D eigenvalue weighted by atomic mass is 16.2.